The average molecular weight is 203 g/mol. The lowest BCUT2D eigenvalue weighted by Gasteiger charge is -2.19. The lowest BCUT2D eigenvalue weighted by molar-refractivity contribution is -0.523. The summed E-state index contributed by atoms with van der Waals surface area (Å²) >= 11 is 0. The molecule has 0 saturated carbocycles. The van der Waals surface area contributed by atoms with E-state index in [0.717, 1.165) is 0 Å². The Morgan fingerprint density at radius 1 is 1.27 bits per heavy atom. The summed E-state index contributed by atoms with van der Waals surface area (Å²) in [5.41, 5.74) is 1.17. The topological polar surface area (TPSA) is 43.1 Å². The van der Waals surface area contributed by atoms with Gasteiger partial charge in [0.25, 0.3) is 0 Å². The van der Waals surface area contributed by atoms with Crippen LogP contribution in [0.1, 0.15) is 24.3 Å². The van der Waals surface area contributed by atoms with Crippen molar-refractivity contribution in [2.24, 2.45) is 0 Å². The molecule has 1 aliphatic rings. The summed E-state index contributed by atoms with van der Waals surface area (Å²) in [5, 5.41) is 10.7. The van der Waals surface area contributed by atoms with Gasteiger partial charge >= 0.3 is 0 Å². The van der Waals surface area contributed by atoms with E-state index in [2.05, 4.69) is 6.08 Å². The highest BCUT2D eigenvalue weighted by Crippen LogP contribution is 2.28. The fraction of sp³-hybridized carbons (Fsp3) is 0.333. The molecule has 0 unspecified atom stereocenters. The first-order valence-electron chi connectivity index (χ1n) is 5.12. The summed E-state index contributed by atoms with van der Waals surface area (Å²) in [4.78, 5) is 10.5. The first-order valence-corrected chi connectivity index (χ1v) is 5.12. The monoisotopic (exact) mass is 203 g/mol. The second kappa shape index (κ2) is 4.26. The highest BCUT2D eigenvalue weighted by atomic mass is 16.6. The maximum Gasteiger partial charge on any atom is 0.217 e. The van der Waals surface area contributed by atoms with Crippen LogP contribution in [0.15, 0.2) is 42.5 Å². The molecule has 0 fully saturated rings. The minimum Gasteiger partial charge on any atom is -0.264 e. The van der Waals surface area contributed by atoms with Crippen LogP contribution in [-0.2, 0) is 0 Å². The van der Waals surface area contributed by atoms with Crippen LogP contribution < -0.4 is 0 Å². The largest absolute Gasteiger partial charge is 0.264 e. The van der Waals surface area contributed by atoms with E-state index < -0.39 is 6.04 Å². The molecule has 1 aliphatic carbocycles. The number of nitro groups is 1. The summed E-state index contributed by atoms with van der Waals surface area (Å²) in [6.07, 6.45) is 5.19. The van der Waals surface area contributed by atoms with Gasteiger partial charge in [-0.15, -0.1) is 0 Å². The molecule has 0 saturated heterocycles. The second-order valence-corrected chi connectivity index (χ2v) is 3.86. The summed E-state index contributed by atoms with van der Waals surface area (Å²) in [6.45, 7) is 0. The van der Waals surface area contributed by atoms with Gasteiger partial charge in [-0.1, -0.05) is 42.5 Å². The van der Waals surface area contributed by atoms with Crippen molar-refractivity contribution in [3.8, 4) is 0 Å². The second-order valence-electron chi connectivity index (χ2n) is 3.86. The van der Waals surface area contributed by atoms with Gasteiger partial charge in [-0.05, 0) is 5.56 Å². The van der Waals surface area contributed by atoms with Gasteiger partial charge < -0.3 is 0 Å². The molecule has 0 bridgehead atoms. The third kappa shape index (κ3) is 2.24. The van der Waals surface area contributed by atoms with E-state index in [1.54, 1.807) is 0 Å². The van der Waals surface area contributed by atoms with E-state index in [1.165, 1.54) is 5.56 Å². The molecule has 2 atom stereocenters. The molecular weight excluding hydrogens is 190 g/mol. The van der Waals surface area contributed by atoms with Crippen LogP contribution in [0, 0.1) is 10.1 Å². The Morgan fingerprint density at radius 2 is 2.00 bits per heavy atom. The number of benzene rings is 1. The van der Waals surface area contributed by atoms with Crippen molar-refractivity contribution in [2.45, 2.75) is 24.8 Å². The Kier molecular flexibility index (Phi) is 2.81. The zero-order chi connectivity index (χ0) is 10.7. The molecular formula is C12H13NO2. The van der Waals surface area contributed by atoms with Gasteiger partial charge in [-0.2, -0.15) is 0 Å². The van der Waals surface area contributed by atoms with Crippen LogP contribution in [0.25, 0.3) is 0 Å². The Bertz CT molecular complexity index is 372. The summed E-state index contributed by atoms with van der Waals surface area (Å²) in [6, 6.07) is 9.54. The predicted octanol–water partition coefficient (Wildman–Crippen LogP) is 2.77. The van der Waals surface area contributed by atoms with Crippen molar-refractivity contribution in [1.82, 2.24) is 0 Å². The first-order chi connectivity index (χ1) is 7.27. The summed E-state index contributed by atoms with van der Waals surface area (Å²) in [5.74, 6) is 0.204. The fourth-order valence-corrected chi connectivity index (χ4v) is 1.99. The molecule has 0 radical (unpaired) electrons. The first kappa shape index (κ1) is 9.90. The Labute approximate surface area is 88.6 Å². The minimum absolute atomic E-state index is 0.167. The van der Waals surface area contributed by atoms with Crippen molar-refractivity contribution < 1.29 is 4.92 Å². The molecule has 0 aromatic heterocycles. The van der Waals surface area contributed by atoms with Gasteiger partial charge in [0.05, 0.1) is 0 Å². The lowest BCUT2D eigenvalue weighted by atomic mass is 9.87. The Balaban J connectivity index is 2.15. The smallest absolute Gasteiger partial charge is 0.217 e. The van der Waals surface area contributed by atoms with Crippen molar-refractivity contribution in [3.63, 3.8) is 0 Å². The van der Waals surface area contributed by atoms with E-state index in [1.807, 2.05) is 36.4 Å². The molecule has 0 spiro atoms. The van der Waals surface area contributed by atoms with Gasteiger partial charge in [0, 0.05) is 23.7 Å². The molecule has 78 valence electrons. The van der Waals surface area contributed by atoms with E-state index in [0.29, 0.717) is 12.8 Å². The van der Waals surface area contributed by atoms with E-state index in [9.17, 15) is 10.1 Å². The minimum atomic E-state index is -0.416. The Morgan fingerprint density at radius 3 is 2.67 bits per heavy atom. The normalized spacial score (nSPS) is 25.1. The van der Waals surface area contributed by atoms with E-state index in [-0.39, 0.29) is 10.8 Å². The third-order valence-electron chi connectivity index (χ3n) is 2.83. The predicted molar refractivity (Wildman–Crippen MR) is 58.3 cm³/mol. The summed E-state index contributed by atoms with van der Waals surface area (Å²) < 4.78 is 0. The molecule has 3 nitrogen and oxygen atoms in total. The van der Waals surface area contributed by atoms with Crippen molar-refractivity contribution in [3.05, 3.63) is 58.2 Å². The van der Waals surface area contributed by atoms with Gasteiger partial charge in [-0.3, -0.25) is 10.1 Å². The molecule has 0 aliphatic heterocycles. The van der Waals surface area contributed by atoms with Crippen molar-refractivity contribution in [1.29, 1.82) is 0 Å². The molecule has 3 heteroatoms. The highest BCUT2D eigenvalue weighted by Gasteiger charge is 2.26. The standard InChI is InChI=1S/C12H13NO2/c14-13(15)12-8-4-7-11(9-12)10-5-2-1-3-6-10/h1-7,11-12H,8-9H2/t11-,12-/m1/s1. The Hall–Kier alpha value is -1.64. The van der Waals surface area contributed by atoms with Gasteiger partial charge in [0.1, 0.15) is 0 Å². The zero-order valence-corrected chi connectivity index (χ0v) is 8.37. The van der Waals surface area contributed by atoms with Crippen LogP contribution in [0.2, 0.25) is 0 Å². The molecule has 1 aromatic carbocycles. The highest BCUT2D eigenvalue weighted by molar-refractivity contribution is 5.25. The van der Waals surface area contributed by atoms with Crippen molar-refractivity contribution >= 4 is 0 Å². The number of nitrogens with zero attached hydrogens (tertiary/aromatic N) is 1. The van der Waals surface area contributed by atoms with Crippen LogP contribution in [0.4, 0.5) is 0 Å². The number of hydrogen-bond acceptors (Lipinski definition) is 2. The number of allylic oxidation sites excluding steroid dienone is 1. The quantitative estimate of drug-likeness (QED) is 0.421. The van der Waals surface area contributed by atoms with Crippen LogP contribution in [0.5, 0.6) is 0 Å². The van der Waals surface area contributed by atoms with Gasteiger partial charge in [-0.25, -0.2) is 0 Å². The summed E-state index contributed by atoms with van der Waals surface area (Å²) in [7, 11) is 0. The molecule has 1 aromatic rings. The van der Waals surface area contributed by atoms with E-state index in [4.69, 9.17) is 0 Å². The molecule has 0 amide bonds. The molecule has 2 rings (SSSR count). The van der Waals surface area contributed by atoms with E-state index >= 15 is 0 Å². The zero-order valence-electron chi connectivity index (χ0n) is 8.37. The SMILES string of the molecule is O=[N+]([O-])[C@@H]1CC=C[C@@H](c2ccccc2)C1. The van der Waals surface area contributed by atoms with Crippen LogP contribution in [0.3, 0.4) is 0 Å². The number of rotatable bonds is 2. The maximum absolute atomic E-state index is 10.7. The van der Waals surface area contributed by atoms with Crippen LogP contribution >= 0.6 is 0 Å². The lowest BCUT2D eigenvalue weighted by Crippen LogP contribution is -2.23. The van der Waals surface area contributed by atoms with Gasteiger partial charge in [0.15, 0.2) is 0 Å². The molecule has 15 heavy (non-hydrogen) atoms. The molecule has 0 N–H and O–H groups in total. The third-order valence-corrected chi connectivity index (χ3v) is 2.83. The number of hydrogen-bond donors (Lipinski definition) is 0. The van der Waals surface area contributed by atoms with Gasteiger partial charge in [0.2, 0.25) is 6.04 Å². The maximum atomic E-state index is 10.7. The fourth-order valence-electron chi connectivity index (χ4n) is 1.99. The van der Waals surface area contributed by atoms with Crippen molar-refractivity contribution in [2.75, 3.05) is 0 Å². The average Bonchev–Trinajstić information content (AvgIpc) is 2.30. The molecule has 0 heterocycles. The van der Waals surface area contributed by atoms with Crippen LogP contribution in [-0.4, -0.2) is 11.0 Å².